The average Bonchev–Trinajstić information content (AvgIpc) is 3.54. The van der Waals surface area contributed by atoms with Crippen molar-refractivity contribution >= 4 is 45.3 Å². The molecule has 0 aliphatic carbocycles. The SMILES string of the molecule is c1ccc(-c2ccc3c(c2)-c2ccccc2Sc2ccccc2-c2c(cccc2-c2cccc4c5ccccc5n(-c5ccccc5)c24)S3)cc1. The van der Waals surface area contributed by atoms with E-state index in [1.807, 2.05) is 23.5 Å². The lowest BCUT2D eigenvalue weighted by Gasteiger charge is -2.23. The molecular weight excluding hydrogens is 655 g/mol. The van der Waals surface area contributed by atoms with Gasteiger partial charge in [0.15, 0.2) is 0 Å². The highest BCUT2D eigenvalue weighted by atomic mass is 32.2. The summed E-state index contributed by atoms with van der Waals surface area (Å²) in [5.41, 5.74) is 13.5. The molecule has 10 rings (SSSR count). The summed E-state index contributed by atoms with van der Waals surface area (Å²) in [4.78, 5) is 4.99. The summed E-state index contributed by atoms with van der Waals surface area (Å²) >= 11 is 3.74. The van der Waals surface area contributed by atoms with Crippen molar-refractivity contribution in [3.63, 3.8) is 0 Å². The fraction of sp³-hybridized carbons (Fsp3) is 0. The Morgan fingerprint density at radius 3 is 1.75 bits per heavy atom. The van der Waals surface area contributed by atoms with Crippen LogP contribution in [0.3, 0.4) is 0 Å². The Kier molecular flexibility index (Phi) is 7.41. The van der Waals surface area contributed by atoms with Crippen molar-refractivity contribution in [1.29, 1.82) is 0 Å². The summed E-state index contributed by atoms with van der Waals surface area (Å²) in [6.07, 6.45) is 0. The molecule has 0 atom stereocenters. The molecule has 0 saturated carbocycles. The number of aromatic nitrogens is 1. The lowest BCUT2D eigenvalue weighted by Crippen LogP contribution is -1.98. The number of rotatable bonds is 3. The molecule has 0 N–H and O–H groups in total. The Labute approximate surface area is 306 Å². The first-order valence-corrected chi connectivity index (χ1v) is 18.9. The van der Waals surface area contributed by atoms with Crippen molar-refractivity contribution < 1.29 is 0 Å². The minimum Gasteiger partial charge on any atom is -0.309 e. The molecule has 0 amide bonds. The lowest BCUT2D eigenvalue weighted by atomic mass is 9.93. The standard InChI is InChI=1S/C48H31NS2/c1-3-15-32(16-4-1)33-29-30-45-41(31-33)36-20-8-11-26-43(36)50-44-27-12-9-21-40(44)47-37(22-14-28-46(47)51-45)39-24-13-23-38-35-19-7-10-25-42(35)49(48(38)39)34-17-5-2-6-18-34/h1-31H. The van der Waals surface area contributed by atoms with Crippen molar-refractivity contribution in [2.75, 3.05) is 0 Å². The van der Waals surface area contributed by atoms with Crippen LogP contribution in [0.25, 0.3) is 72.0 Å². The molecule has 0 unspecified atom stereocenters. The average molecular weight is 686 g/mol. The van der Waals surface area contributed by atoms with Gasteiger partial charge in [-0.3, -0.25) is 0 Å². The minimum absolute atomic E-state index is 1.16. The van der Waals surface area contributed by atoms with E-state index in [9.17, 15) is 0 Å². The Balaban J connectivity index is 1.27. The summed E-state index contributed by atoms with van der Waals surface area (Å²) in [5.74, 6) is 0. The molecule has 1 nitrogen and oxygen atoms in total. The van der Waals surface area contributed by atoms with Crippen molar-refractivity contribution in [1.82, 2.24) is 4.57 Å². The predicted molar refractivity (Wildman–Crippen MR) is 217 cm³/mol. The third kappa shape index (κ3) is 5.12. The van der Waals surface area contributed by atoms with E-state index in [4.69, 9.17) is 0 Å². The molecule has 0 bridgehead atoms. The van der Waals surface area contributed by atoms with Crippen LogP contribution in [0.5, 0.6) is 0 Å². The molecule has 0 spiro atoms. The van der Waals surface area contributed by atoms with Gasteiger partial charge in [-0.15, -0.1) is 0 Å². The van der Waals surface area contributed by atoms with Crippen LogP contribution in [0.2, 0.25) is 0 Å². The van der Waals surface area contributed by atoms with E-state index in [0.29, 0.717) is 0 Å². The van der Waals surface area contributed by atoms with Gasteiger partial charge in [-0.25, -0.2) is 0 Å². The Hall–Kier alpha value is -5.74. The first-order valence-electron chi connectivity index (χ1n) is 17.3. The molecule has 0 radical (unpaired) electrons. The molecule has 1 aromatic heterocycles. The van der Waals surface area contributed by atoms with Gasteiger partial charge in [0.05, 0.1) is 11.0 Å². The summed E-state index contributed by atoms with van der Waals surface area (Å²) in [6, 6.07) is 68.8. The second-order valence-corrected chi connectivity index (χ2v) is 15.0. The fourth-order valence-electron chi connectivity index (χ4n) is 7.62. The molecule has 0 fully saturated rings. The number of benzene rings is 8. The minimum atomic E-state index is 1.16. The van der Waals surface area contributed by atoms with Gasteiger partial charge in [-0.1, -0.05) is 163 Å². The zero-order chi connectivity index (χ0) is 33.7. The monoisotopic (exact) mass is 685 g/mol. The van der Waals surface area contributed by atoms with E-state index >= 15 is 0 Å². The van der Waals surface area contributed by atoms with Gasteiger partial charge >= 0.3 is 0 Å². The van der Waals surface area contributed by atoms with E-state index < -0.39 is 0 Å². The molecule has 0 saturated heterocycles. The molecule has 9 aromatic rings. The van der Waals surface area contributed by atoms with Gasteiger partial charge in [0.25, 0.3) is 0 Å². The predicted octanol–water partition coefficient (Wildman–Crippen LogP) is 14.1. The van der Waals surface area contributed by atoms with Crippen LogP contribution in [0, 0.1) is 0 Å². The maximum Gasteiger partial charge on any atom is 0.0619 e. The van der Waals surface area contributed by atoms with Crippen LogP contribution in [0.4, 0.5) is 0 Å². The Morgan fingerprint density at radius 2 is 0.902 bits per heavy atom. The highest BCUT2D eigenvalue weighted by Gasteiger charge is 2.24. The molecule has 1 aliphatic rings. The lowest BCUT2D eigenvalue weighted by molar-refractivity contribution is 1.18. The quantitative estimate of drug-likeness (QED) is 0.182. The first kappa shape index (κ1) is 30.1. The van der Waals surface area contributed by atoms with E-state index in [1.165, 1.54) is 85.9 Å². The van der Waals surface area contributed by atoms with Gasteiger partial charge in [-0.05, 0) is 81.9 Å². The maximum atomic E-state index is 2.45. The molecule has 2 heterocycles. The van der Waals surface area contributed by atoms with Crippen molar-refractivity contribution in [2.45, 2.75) is 19.6 Å². The Morgan fingerprint density at radius 1 is 0.333 bits per heavy atom. The molecule has 51 heavy (non-hydrogen) atoms. The van der Waals surface area contributed by atoms with Crippen LogP contribution in [-0.2, 0) is 0 Å². The van der Waals surface area contributed by atoms with Gasteiger partial charge in [-0.2, -0.15) is 0 Å². The van der Waals surface area contributed by atoms with Gasteiger partial charge in [0.1, 0.15) is 0 Å². The van der Waals surface area contributed by atoms with E-state index in [0.717, 1.165) is 5.69 Å². The second-order valence-electron chi connectivity index (χ2n) is 12.8. The highest BCUT2D eigenvalue weighted by molar-refractivity contribution is 8.00. The number of hydrogen-bond donors (Lipinski definition) is 0. The summed E-state index contributed by atoms with van der Waals surface area (Å²) in [5, 5.41) is 2.52. The summed E-state index contributed by atoms with van der Waals surface area (Å²) < 4.78 is 2.45. The van der Waals surface area contributed by atoms with Crippen molar-refractivity contribution in [2.24, 2.45) is 0 Å². The van der Waals surface area contributed by atoms with Crippen LogP contribution in [0.15, 0.2) is 208 Å². The normalized spacial score (nSPS) is 12.2. The molecule has 3 heteroatoms. The van der Waals surface area contributed by atoms with Crippen LogP contribution >= 0.6 is 23.5 Å². The fourth-order valence-corrected chi connectivity index (χ4v) is 9.84. The van der Waals surface area contributed by atoms with Gasteiger partial charge in [0, 0.05) is 47.2 Å². The molecular formula is C48H31NS2. The third-order valence-corrected chi connectivity index (χ3v) is 12.2. The van der Waals surface area contributed by atoms with Gasteiger partial charge < -0.3 is 4.57 Å². The maximum absolute atomic E-state index is 2.45. The van der Waals surface area contributed by atoms with Gasteiger partial charge in [0.2, 0.25) is 0 Å². The summed E-state index contributed by atoms with van der Waals surface area (Å²) in [6.45, 7) is 0. The van der Waals surface area contributed by atoms with Crippen molar-refractivity contribution in [3.8, 4) is 50.2 Å². The second kappa shape index (κ2) is 12.5. The van der Waals surface area contributed by atoms with E-state index in [1.54, 1.807) is 0 Å². The highest BCUT2D eigenvalue weighted by Crippen LogP contribution is 2.52. The van der Waals surface area contributed by atoms with Crippen molar-refractivity contribution in [3.05, 3.63) is 188 Å². The molecule has 8 aromatic carbocycles. The Bertz CT molecular complexity index is 2740. The first-order chi connectivity index (χ1) is 25.3. The number of fused-ring (bicyclic) bond motifs is 9. The number of hydrogen-bond acceptors (Lipinski definition) is 2. The van der Waals surface area contributed by atoms with Crippen LogP contribution in [-0.4, -0.2) is 4.57 Å². The molecule has 240 valence electrons. The van der Waals surface area contributed by atoms with Crippen LogP contribution in [0.1, 0.15) is 0 Å². The topological polar surface area (TPSA) is 4.93 Å². The third-order valence-electron chi connectivity index (χ3n) is 9.89. The molecule has 1 aliphatic heterocycles. The number of para-hydroxylation sites is 3. The smallest absolute Gasteiger partial charge is 0.0619 e. The zero-order valence-corrected chi connectivity index (χ0v) is 29.3. The van der Waals surface area contributed by atoms with E-state index in [-0.39, 0.29) is 0 Å². The van der Waals surface area contributed by atoms with E-state index in [2.05, 4.69) is 193 Å². The zero-order valence-electron chi connectivity index (χ0n) is 27.7. The van der Waals surface area contributed by atoms with Crippen LogP contribution < -0.4 is 0 Å². The largest absolute Gasteiger partial charge is 0.309 e. The number of nitrogens with zero attached hydrogens (tertiary/aromatic N) is 1. The summed E-state index contributed by atoms with van der Waals surface area (Å²) in [7, 11) is 0.